The van der Waals surface area contributed by atoms with Crippen molar-refractivity contribution in [2.45, 2.75) is 31.6 Å². The van der Waals surface area contributed by atoms with Crippen LogP contribution in [-0.2, 0) is 17.1 Å². The van der Waals surface area contributed by atoms with E-state index < -0.39 is 0 Å². The molecule has 1 amide bonds. The highest BCUT2D eigenvalue weighted by molar-refractivity contribution is 7.98. The van der Waals surface area contributed by atoms with Crippen LogP contribution >= 0.6 is 34.7 Å². The lowest BCUT2D eigenvalue weighted by molar-refractivity contribution is -0.126. The van der Waals surface area contributed by atoms with Crippen LogP contribution in [0.5, 0.6) is 0 Å². The van der Waals surface area contributed by atoms with Crippen molar-refractivity contribution >= 4 is 40.6 Å². The van der Waals surface area contributed by atoms with Crippen LogP contribution in [0, 0.1) is 5.92 Å². The lowest BCUT2D eigenvalue weighted by Gasteiger charge is -2.30. The zero-order chi connectivity index (χ0) is 22.2. The molecule has 1 atom stereocenters. The van der Waals surface area contributed by atoms with Gasteiger partial charge in [0.2, 0.25) is 17.6 Å². The number of rotatable bonds is 10. The first kappa shape index (κ1) is 23.3. The molecule has 0 bridgehead atoms. The topological polar surface area (TPSA) is 71.3 Å². The molecule has 0 spiro atoms. The van der Waals surface area contributed by atoms with Crippen molar-refractivity contribution in [2.24, 2.45) is 5.92 Å². The van der Waals surface area contributed by atoms with Crippen LogP contribution in [0.25, 0.3) is 10.7 Å². The van der Waals surface area contributed by atoms with Crippen LogP contribution < -0.4 is 5.32 Å². The average Bonchev–Trinajstić information content (AvgIpc) is 3.48. The number of hydrogen-bond donors (Lipinski definition) is 1. The Balaban J connectivity index is 1.14. The molecule has 0 saturated carbocycles. The first-order valence-electron chi connectivity index (χ1n) is 10.9. The Kier molecular flexibility index (Phi) is 8.62. The molecule has 1 aliphatic heterocycles. The molecule has 170 valence electrons. The van der Waals surface area contributed by atoms with Gasteiger partial charge in [0, 0.05) is 23.9 Å². The predicted molar refractivity (Wildman–Crippen MR) is 131 cm³/mol. The summed E-state index contributed by atoms with van der Waals surface area (Å²) in [6.45, 7) is 2.97. The number of nitrogens with one attached hydrogen (secondary N) is 1. The summed E-state index contributed by atoms with van der Waals surface area (Å²) in [5, 5.41) is 9.97. The summed E-state index contributed by atoms with van der Waals surface area (Å²) in [4.78, 5) is 20.4. The van der Waals surface area contributed by atoms with Crippen LogP contribution in [0.1, 0.15) is 30.7 Å². The number of nitrogens with zero attached hydrogens (tertiary/aromatic N) is 3. The lowest BCUT2D eigenvalue weighted by Crippen LogP contribution is -2.43. The molecule has 1 aromatic carbocycles. The minimum absolute atomic E-state index is 0.0163. The Morgan fingerprint density at radius 1 is 1.34 bits per heavy atom. The Labute approximate surface area is 201 Å². The van der Waals surface area contributed by atoms with Gasteiger partial charge in [0.15, 0.2) is 0 Å². The fourth-order valence-electron chi connectivity index (χ4n) is 3.78. The lowest BCUT2D eigenvalue weighted by atomic mass is 9.97. The molecule has 2 aromatic heterocycles. The molecule has 9 heteroatoms. The minimum atomic E-state index is 0.0163. The molecule has 32 heavy (non-hydrogen) atoms. The SMILES string of the molecule is O=C(NCCCSCc1cccc(Cl)c1)C1CCCN(Cc2nc(-c3cccs3)no2)C1. The van der Waals surface area contributed by atoms with Gasteiger partial charge in [0.05, 0.1) is 17.3 Å². The maximum Gasteiger partial charge on any atom is 0.241 e. The van der Waals surface area contributed by atoms with Crippen LogP contribution in [0.2, 0.25) is 5.02 Å². The van der Waals surface area contributed by atoms with Crippen LogP contribution in [0.15, 0.2) is 46.3 Å². The average molecular weight is 491 g/mol. The van der Waals surface area contributed by atoms with Gasteiger partial charge in [-0.05, 0) is 60.7 Å². The highest BCUT2D eigenvalue weighted by Crippen LogP contribution is 2.23. The standard InChI is InChI=1S/C23H27ClN4O2S2/c24-19-7-1-5-17(13-19)16-31-11-4-9-25-23(29)18-6-2-10-28(14-18)15-21-26-22(27-30-21)20-8-3-12-32-20/h1,3,5,7-8,12-13,18H,2,4,6,9-11,14-16H2,(H,25,29). The van der Waals surface area contributed by atoms with Gasteiger partial charge < -0.3 is 9.84 Å². The predicted octanol–water partition coefficient (Wildman–Crippen LogP) is 5.10. The fraction of sp³-hybridized carbons (Fsp3) is 0.435. The molecule has 1 N–H and O–H groups in total. The number of thioether (sulfide) groups is 1. The van der Waals surface area contributed by atoms with Crippen LogP contribution in [-0.4, -0.2) is 46.3 Å². The Morgan fingerprint density at radius 2 is 2.28 bits per heavy atom. The van der Waals surface area contributed by atoms with Crippen LogP contribution in [0.4, 0.5) is 0 Å². The van der Waals surface area contributed by atoms with Crippen molar-refractivity contribution in [3.05, 3.63) is 58.3 Å². The quantitative estimate of drug-likeness (QED) is 0.398. The Morgan fingerprint density at radius 3 is 3.12 bits per heavy atom. The van der Waals surface area contributed by atoms with E-state index in [0.717, 1.165) is 53.8 Å². The van der Waals surface area contributed by atoms with E-state index >= 15 is 0 Å². The molecule has 1 fully saturated rings. The number of hydrogen-bond acceptors (Lipinski definition) is 7. The number of thiophene rings is 1. The summed E-state index contributed by atoms with van der Waals surface area (Å²) >= 11 is 9.48. The maximum absolute atomic E-state index is 12.6. The summed E-state index contributed by atoms with van der Waals surface area (Å²) in [7, 11) is 0. The van der Waals surface area contributed by atoms with Gasteiger partial charge in [0.25, 0.3) is 0 Å². The number of halogens is 1. The van der Waals surface area contributed by atoms with Crippen LogP contribution in [0.3, 0.4) is 0 Å². The molecule has 3 aromatic rings. The number of likely N-dealkylation sites (tertiary alicyclic amines) is 1. The first-order chi connectivity index (χ1) is 15.7. The number of carbonyl (C=O) groups is 1. The summed E-state index contributed by atoms with van der Waals surface area (Å²) in [5.74, 6) is 3.35. The molecule has 0 aliphatic carbocycles. The molecule has 0 radical (unpaired) electrons. The molecule has 1 saturated heterocycles. The smallest absolute Gasteiger partial charge is 0.241 e. The van der Waals surface area contributed by atoms with E-state index in [9.17, 15) is 4.79 Å². The zero-order valence-electron chi connectivity index (χ0n) is 17.8. The largest absolute Gasteiger partial charge is 0.356 e. The molecular weight excluding hydrogens is 464 g/mol. The third kappa shape index (κ3) is 6.81. The highest BCUT2D eigenvalue weighted by Gasteiger charge is 2.26. The van der Waals surface area contributed by atoms with Gasteiger partial charge >= 0.3 is 0 Å². The van der Waals surface area contributed by atoms with E-state index in [1.54, 1.807) is 11.3 Å². The third-order valence-electron chi connectivity index (χ3n) is 5.37. The highest BCUT2D eigenvalue weighted by atomic mass is 35.5. The molecule has 6 nitrogen and oxygen atoms in total. The van der Waals surface area contributed by atoms with E-state index in [-0.39, 0.29) is 11.8 Å². The first-order valence-corrected chi connectivity index (χ1v) is 13.3. The van der Waals surface area contributed by atoms with Crippen molar-refractivity contribution in [2.75, 3.05) is 25.4 Å². The summed E-state index contributed by atoms with van der Waals surface area (Å²) in [6, 6.07) is 11.9. The van der Waals surface area contributed by atoms with E-state index in [1.165, 1.54) is 5.56 Å². The number of amides is 1. The van der Waals surface area contributed by atoms with Crippen molar-refractivity contribution < 1.29 is 9.32 Å². The Hall–Kier alpha value is -1.87. The number of benzene rings is 1. The van der Waals surface area contributed by atoms with Gasteiger partial charge in [-0.1, -0.05) is 35.0 Å². The second kappa shape index (κ2) is 11.8. The minimum Gasteiger partial charge on any atom is -0.356 e. The number of piperidine rings is 1. The third-order valence-corrected chi connectivity index (χ3v) is 7.58. The van der Waals surface area contributed by atoms with Gasteiger partial charge in [-0.2, -0.15) is 16.7 Å². The van der Waals surface area contributed by atoms with Gasteiger partial charge in [-0.25, -0.2) is 0 Å². The molecule has 1 aliphatic rings. The van der Waals surface area contributed by atoms with Crippen molar-refractivity contribution in [3.8, 4) is 10.7 Å². The monoisotopic (exact) mass is 490 g/mol. The normalized spacial score (nSPS) is 16.8. The van der Waals surface area contributed by atoms with Crippen molar-refractivity contribution in [3.63, 3.8) is 0 Å². The zero-order valence-corrected chi connectivity index (χ0v) is 20.2. The van der Waals surface area contributed by atoms with E-state index in [1.807, 2.05) is 47.5 Å². The van der Waals surface area contributed by atoms with E-state index in [2.05, 4.69) is 26.4 Å². The summed E-state index contributed by atoms with van der Waals surface area (Å²) in [5.41, 5.74) is 1.23. The molecular formula is C23H27ClN4O2S2. The fourth-order valence-corrected chi connectivity index (χ4v) is 5.55. The van der Waals surface area contributed by atoms with Crippen molar-refractivity contribution in [1.29, 1.82) is 0 Å². The van der Waals surface area contributed by atoms with Crippen molar-refractivity contribution in [1.82, 2.24) is 20.4 Å². The van der Waals surface area contributed by atoms with Gasteiger partial charge in [-0.3, -0.25) is 9.69 Å². The molecule has 3 heterocycles. The summed E-state index contributed by atoms with van der Waals surface area (Å²) in [6.07, 6.45) is 2.89. The van der Waals surface area contributed by atoms with E-state index in [4.69, 9.17) is 16.1 Å². The number of aromatic nitrogens is 2. The van der Waals surface area contributed by atoms with E-state index in [0.29, 0.717) is 24.8 Å². The molecule has 4 rings (SSSR count). The van der Waals surface area contributed by atoms with Gasteiger partial charge in [0.1, 0.15) is 0 Å². The second-order valence-electron chi connectivity index (χ2n) is 7.89. The second-order valence-corrected chi connectivity index (χ2v) is 10.4. The Bertz CT molecular complexity index is 996. The number of carbonyl (C=O) groups excluding carboxylic acids is 1. The molecule has 1 unspecified atom stereocenters. The maximum atomic E-state index is 12.6. The summed E-state index contributed by atoms with van der Waals surface area (Å²) < 4.78 is 5.42. The van der Waals surface area contributed by atoms with Gasteiger partial charge in [-0.15, -0.1) is 11.3 Å².